The molecule has 3 aromatic rings. The van der Waals surface area contributed by atoms with Crippen LogP contribution in [0.4, 0.5) is 5.69 Å². The fraction of sp³-hybridized carbons (Fsp3) is 0.286. The van der Waals surface area contributed by atoms with Crippen molar-refractivity contribution in [1.82, 2.24) is 10.2 Å². The summed E-state index contributed by atoms with van der Waals surface area (Å²) >= 11 is 12.2. The number of benzene rings is 3. The zero-order chi connectivity index (χ0) is 27.7. The SMILES string of the molecule is CCCNC(=O)C(CC)N(Cc1ccc(Cl)cc1)C(=O)CN(c1cccc(Cl)c1)S(=O)(=O)c1ccccc1. The molecule has 0 radical (unpaired) electrons. The molecule has 38 heavy (non-hydrogen) atoms. The van der Waals surface area contributed by atoms with Gasteiger partial charge in [0, 0.05) is 23.1 Å². The fourth-order valence-corrected chi connectivity index (χ4v) is 5.69. The van der Waals surface area contributed by atoms with Crippen LogP contribution in [0.3, 0.4) is 0 Å². The maximum Gasteiger partial charge on any atom is 0.264 e. The maximum absolute atomic E-state index is 13.9. The number of rotatable bonds is 12. The van der Waals surface area contributed by atoms with Crippen molar-refractivity contribution < 1.29 is 18.0 Å². The van der Waals surface area contributed by atoms with Gasteiger partial charge in [-0.15, -0.1) is 0 Å². The van der Waals surface area contributed by atoms with E-state index in [9.17, 15) is 18.0 Å². The lowest BCUT2D eigenvalue weighted by Crippen LogP contribution is -2.52. The Labute approximate surface area is 234 Å². The van der Waals surface area contributed by atoms with E-state index in [-0.39, 0.29) is 23.0 Å². The van der Waals surface area contributed by atoms with E-state index in [2.05, 4.69) is 5.32 Å². The highest BCUT2D eigenvalue weighted by Crippen LogP contribution is 2.27. The Morgan fingerprint density at radius 3 is 2.18 bits per heavy atom. The molecular formula is C28H31Cl2N3O4S. The van der Waals surface area contributed by atoms with Gasteiger partial charge in [0.2, 0.25) is 11.8 Å². The first-order valence-electron chi connectivity index (χ1n) is 12.3. The highest BCUT2D eigenvalue weighted by Gasteiger charge is 2.33. The zero-order valence-corrected chi connectivity index (χ0v) is 23.6. The third-order valence-electron chi connectivity index (χ3n) is 5.91. The van der Waals surface area contributed by atoms with Gasteiger partial charge in [-0.05, 0) is 60.9 Å². The summed E-state index contributed by atoms with van der Waals surface area (Å²) in [5.74, 6) is -0.824. The molecule has 1 atom stereocenters. The van der Waals surface area contributed by atoms with Crippen LogP contribution in [0.2, 0.25) is 10.0 Å². The number of carbonyl (C=O) groups excluding carboxylic acids is 2. The first kappa shape index (κ1) is 29.5. The third kappa shape index (κ3) is 7.49. The molecule has 7 nitrogen and oxygen atoms in total. The maximum atomic E-state index is 13.9. The van der Waals surface area contributed by atoms with Crippen molar-refractivity contribution in [1.29, 1.82) is 0 Å². The molecule has 0 aromatic heterocycles. The molecule has 0 bridgehead atoms. The molecule has 0 saturated heterocycles. The molecular weight excluding hydrogens is 545 g/mol. The third-order valence-corrected chi connectivity index (χ3v) is 8.18. The molecule has 1 unspecified atom stereocenters. The van der Waals surface area contributed by atoms with Gasteiger partial charge in [-0.25, -0.2) is 8.42 Å². The number of anilines is 1. The van der Waals surface area contributed by atoms with Crippen molar-refractivity contribution in [3.05, 3.63) is 94.5 Å². The van der Waals surface area contributed by atoms with E-state index in [0.29, 0.717) is 23.0 Å². The number of hydrogen-bond donors (Lipinski definition) is 1. The Hall–Kier alpha value is -3.07. The van der Waals surface area contributed by atoms with Crippen molar-refractivity contribution in [2.24, 2.45) is 0 Å². The van der Waals surface area contributed by atoms with Crippen LogP contribution in [0.5, 0.6) is 0 Å². The number of halogens is 2. The molecule has 1 N–H and O–H groups in total. The van der Waals surface area contributed by atoms with Crippen LogP contribution in [0.1, 0.15) is 32.3 Å². The van der Waals surface area contributed by atoms with Crippen molar-refractivity contribution in [3.63, 3.8) is 0 Å². The van der Waals surface area contributed by atoms with Gasteiger partial charge >= 0.3 is 0 Å². The van der Waals surface area contributed by atoms with Crippen LogP contribution in [-0.2, 0) is 26.2 Å². The zero-order valence-electron chi connectivity index (χ0n) is 21.3. The second-order valence-electron chi connectivity index (χ2n) is 8.67. The quantitative estimate of drug-likeness (QED) is 0.308. The van der Waals surface area contributed by atoms with Crippen molar-refractivity contribution in [3.8, 4) is 0 Å². The average molecular weight is 577 g/mol. The highest BCUT2D eigenvalue weighted by atomic mass is 35.5. The van der Waals surface area contributed by atoms with Crippen molar-refractivity contribution >= 4 is 50.7 Å². The van der Waals surface area contributed by atoms with Crippen LogP contribution in [0.25, 0.3) is 0 Å². The number of nitrogens with one attached hydrogen (secondary N) is 1. The van der Waals surface area contributed by atoms with Gasteiger partial charge in [-0.2, -0.15) is 0 Å². The Morgan fingerprint density at radius 2 is 1.58 bits per heavy atom. The van der Waals surface area contributed by atoms with E-state index in [4.69, 9.17) is 23.2 Å². The van der Waals surface area contributed by atoms with Crippen molar-refractivity contribution in [2.45, 2.75) is 44.2 Å². The van der Waals surface area contributed by atoms with E-state index in [1.165, 1.54) is 23.1 Å². The highest BCUT2D eigenvalue weighted by molar-refractivity contribution is 7.92. The summed E-state index contributed by atoms with van der Waals surface area (Å²) in [4.78, 5) is 28.4. The predicted molar refractivity (Wildman–Crippen MR) is 152 cm³/mol. The van der Waals surface area contributed by atoms with E-state index in [1.54, 1.807) is 60.7 Å². The summed E-state index contributed by atoms with van der Waals surface area (Å²) in [6, 6.07) is 20.3. The molecule has 3 aromatic carbocycles. The molecule has 0 aliphatic rings. The van der Waals surface area contributed by atoms with E-state index in [0.717, 1.165) is 16.3 Å². The number of carbonyl (C=O) groups is 2. The molecule has 0 aliphatic carbocycles. The van der Waals surface area contributed by atoms with Gasteiger partial charge in [0.05, 0.1) is 10.6 Å². The Bertz CT molecular complexity index is 1340. The van der Waals surface area contributed by atoms with Crippen LogP contribution < -0.4 is 9.62 Å². The largest absolute Gasteiger partial charge is 0.354 e. The lowest BCUT2D eigenvalue weighted by Gasteiger charge is -2.33. The summed E-state index contributed by atoms with van der Waals surface area (Å²) < 4.78 is 28.5. The van der Waals surface area contributed by atoms with Gasteiger partial charge in [-0.1, -0.05) is 73.4 Å². The smallest absolute Gasteiger partial charge is 0.264 e. The first-order valence-corrected chi connectivity index (χ1v) is 14.5. The summed E-state index contributed by atoms with van der Waals surface area (Å²) in [5.41, 5.74) is 0.995. The van der Waals surface area contributed by atoms with Gasteiger partial charge in [0.1, 0.15) is 12.6 Å². The molecule has 0 spiro atoms. The number of amides is 2. The monoisotopic (exact) mass is 575 g/mol. The lowest BCUT2D eigenvalue weighted by atomic mass is 10.1. The summed E-state index contributed by atoms with van der Waals surface area (Å²) in [6.45, 7) is 3.80. The van der Waals surface area contributed by atoms with E-state index < -0.39 is 28.5 Å². The predicted octanol–water partition coefficient (Wildman–Crippen LogP) is 5.52. The second kappa shape index (κ2) is 13.6. The molecule has 0 heterocycles. The summed E-state index contributed by atoms with van der Waals surface area (Å²) in [6.07, 6.45) is 1.09. The van der Waals surface area contributed by atoms with Gasteiger partial charge in [0.15, 0.2) is 0 Å². The molecule has 0 saturated carbocycles. The fourth-order valence-electron chi connectivity index (χ4n) is 3.95. The molecule has 10 heteroatoms. The lowest BCUT2D eigenvalue weighted by molar-refractivity contribution is -0.140. The van der Waals surface area contributed by atoms with Crippen LogP contribution in [0, 0.1) is 0 Å². The number of hydrogen-bond acceptors (Lipinski definition) is 4. The van der Waals surface area contributed by atoms with Gasteiger partial charge in [-0.3, -0.25) is 13.9 Å². The molecule has 0 aliphatic heterocycles. The van der Waals surface area contributed by atoms with E-state index in [1.807, 2.05) is 13.8 Å². The van der Waals surface area contributed by atoms with E-state index >= 15 is 0 Å². The number of nitrogens with zero attached hydrogens (tertiary/aromatic N) is 2. The number of sulfonamides is 1. The van der Waals surface area contributed by atoms with Gasteiger partial charge < -0.3 is 10.2 Å². The Balaban J connectivity index is 2.03. The topological polar surface area (TPSA) is 86.8 Å². The molecule has 0 fully saturated rings. The summed E-state index contributed by atoms with van der Waals surface area (Å²) in [5, 5.41) is 3.73. The Kier molecular flexibility index (Phi) is 10.6. The first-order chi connectivity index (χ1) is 18.2. The van der Waals surface area contributed by atoms with Crippen LogP contribution in [-0.4, -0.2) is 44.3 Å². The van der Waals surface area contributed by atoms with Crippen LogP contribution in [0.15, 0.2) is 83.8 Å². The minimum Gasteiger partial charge on any atom is -0.354 e. The molecule has 202 valence electrons. The average Bonchev–Trinajstić information content (AvgIpc) is 2.91. The Morgan fingerprint density at radius 1 is 0.895 bits per heavy atom. The minimum absolute atomic E-state index is 0.0322. The summed E-state index contributed by atoms with van der Waals surface area (Å²) in [7, 11) is -4.14. The molecule has 2 amide bonds. The minimum atomic E-state index is -4.14. The van der Waals surface area contributed by atoms with Gasteiger partial charge in [0.25, 0.3) is 10.0 Å². The normalized spacial score (nSPS) is 12.0. The van der Waals surface area contributed by atoms with Crippen LogP contribution >= 0.6 is 23.2 Å². The molecule has 3 rings (SSSR count). The second-order valence-corrected chi connectivity index (χ2v) is 11.4. The standard InChI is InChI=1S/C28H31Cl2N3O4S/c1-3-17-31-28(35)26(4-2)32(19-21-13-15-22(29)16-14-21)27(34)20-33(24-10-8-9-23(30)18-24)38(36,37)25-11-6-5-7-12-25/h5-16,18,26H,3-4,17,19-20H2,1-2H3,(H,31,35). The van der Waals surface area contributed by atoms with Crippen molar-refractivity contribution in [2.75, 3.05) is 17.4 Å².